The number of carbonyl (C=O) groups is 1. The number of ketones is 1. The Balaban J connectivity index is 2.31. The molecule has 1 saturated carbocycles. The molecule has 0 aromatic heterocycles. The first-order chi connectivity index (χ1) is 9.41. The highest BCUT2D eigenvalue weighted by Gasteiger charge is 2.37. The van der Waals surface area contributed by atoms with Crippen LogP contribution in [0.15, 0.2) is 35.5 Å². The van der Waals surface area contributed by atoms with Crippen molar-refractivity contribution in [3.63, 3.8) is 0 Å². The lowest BCUT2D eigenvalue weighted by atomic mass is 10.1. The van der Waals surface area contributed by atoms with E-state index in [1.54, 1.807) is 24.3 Å². The van der Waals surface area contributed by atoms with Crippen LogP contribution in [0.1, 0.15) is 19.3 Å². The maximum Gasteiger partial charge on any atom is 0.363 e. The quantitative estimate of drug-likeness (QED) is 0.676. The molecule has 1 aliphatic rings. The molecule has 0 unspecified atom stereocenters. The molecule has 1 aromatic rings. The van der Waals surface area contributed by atoms with Crippen LogP contribution in [0.2, 0.25) is 0 Å². The second-order valence-electron chi connectivity index (χ2n) is 4.48. The van der Waals surface area contributed by atoms with Crippen molar-refractivity contribution < 1.29 is 18.3 Å². The third-order valence-electron chi connectivity index (χ3n) is 3.11. The summed E-state index contributed by atoms with van der Waals surface area (Å²) in [5, 5.41) is -1.04. The molecule has 0 amide bonds. The summed E-state index contributed by atoms with van der Waals surface area (Å²) in [5.41, 5.74) is -0.0130. The summed E-state index contributed by atoms with van der Waals surface area (Å²) < 4.78 is 32.0. The number of alkyl halides is 3. The molecule has 0 spiro atoms. The average Bonchev–Trinajstić information content (AvgIpc) is 2.81. The minimum absolute atomic E-state index is 0.0841. The SMILES string of the molecule is COc1ccc(N/C(=C2/CCCC2=O)C(F)(F)Cl)cc1. The number of hydrogen-bond acceptors (Lipinski definition) is 3. The van der Waals surface area contributed by atoms with Crippen molar-refractivity contribution in [3.8, 4) is 5.75 Å². The summed E-state index contributed by atoms with van der Waals surface area (Å²) in [6.07, 6.45) is 1.19. The van der Waals surface area contributed by atoms with Gasteiger partial charge in [0.1, 0.15) is 11.4 Å². The number of methoxy groups -OCH3 is 1. The van der Waals surface area contributed by atoms with E-state index in [2.05, 4.69) is 5.32 Å². The normalized spacial score (nSPS) is 18.1. The molecule has 1 N–H and O–H groups in total. The molecule has 108 valence electrons. The van der Waals surface area contributed by atoms with Crippen LogP contribution in [0.4, 0.5) is 14.5 Å². The van der Waals surface area contributed by atoms with E-state index in [-0.39, 0.29) is 17.8 Å². The van der Waals surface area contributed by atoms with Gasteiger partial charge in [-0.2, -0.15) is 8.78 Å². The Bertz CT molecular complexity index is 535. The topological polar surface area (TPSA) is 38.3 Å². The predicted octanol–water partition coefficient (Wildman–Crippen LogP) is 3.95. The molecule has 3 nitrogen and oxygen atoms in total. The van der Waals surface area contributed by atoms with Crippen molar-refractivity contribution in [3.05, 3.63) is 35.5 Å². The van der Waals surface area contributed by atoms with Gasteiger partial charge in [0, 0.05) is 17.7 Å². The second kappa shape index (κ2) is 5.79. The van der Waals surface area contributed by atoms with E-state index in [1.807, 2.05) is 0 Å². The Kier molecular flexibility index (Phi) is 4.28. The Morgan fingerprint density at radius 1 is 1.30 bits per heavy atom. The van der Waals surface area contributed by atoms with Crippen LogP contribution < -0.4 is 10.1 Å². The lowest BCUT2D eigenvalue weighted by molar-refractivity contribution is -0.114. The fraction of sp³-hybridized carbons (Fsp3) is 0.357. The molecule has 0 radical (unpaired) electrons. The summed E-state index contributed by atoms with van der Waals surface area (Å²) in [5.74, 6) is 0.334. The third-order valence-corrected chi connectivity index (χ3v) is 3.30. The van der Waals surface area contributed by atoms with Crippen LogP contribution >= 0.6 is 11.6 Å². The summed E-state index contributed by atoms with van der Waals surface area (Å²) in [7, 11) is 1.51. The molecule has 0 bridgehead atoms. The van der Waals surface area contributed by atoms with Crippen LogP contribution in [0.5, 0.6) is 5.75 Å². The average molecular weight is 302 g/mol. The molecule has 1 aromatic carbocycles. The number of Topliss-reactive ketones (excluding diaryl/α,β-unsaturated/α-hetero) is 1. The first kappa shape index (κ1) is 14.8. The highest BCUT2D eigenvalue weighted by atomic mass is 35.5. The number of carbonyl (C=O) groups excluding carboxylic acids is 1. The van der Waals surface area contributed by atoms with E-state index >= 15 is 0 Å². The Morgan fingerprint density at radius 2 is 1.95 bits per heavy atom. The van der Waals surface area contributed by atoms with Crippen LogP contribution in [0.25, 0.3) is 0 Å². The molecule has 6 heteroatoms. The van der Waals surface area contributed by atoms with Gasteiger partial charge in [-0.3, -0.25) is 4.79 Å². The fourth-order valence-corrected chi connectivity index (χ4v) is 2.28. The summed E-state index contributed by atoms with van der Waals surface area (Å²) >= 11 is 5.12. The van der Waals surface area contributed by atoms with E-state index < -0.39 is 11.1 Å². The number of nitrogens with one attached hydrogen (secondary N) is 1. The van der Waals surface area contributed by atoms with Crippen molar-refractivity contribution in [2.45, 2.75) is 24.6 Å². The lowest BCUT2D eigenvalue weighted by Gasteiger charge is -2.18. The van der Waals surface area contributed by atoms with Crippen molar-refractivity contribution in [1.29, 1.82) is 0 Å². The van der Waals surface area contributed by atoms with Gasteiger partial charge in [-0.1, -0.05) is 0 Å². The van der Waals surface area contributed by atoms with E-state index in [4.69, 9.17) is 16.3 Å². The minimum atomic E-state index is -3.60. The Labute approximate surface area is 120 Å². The molecule has 1 aliphatic carbocycles. The van der Waals surface area contributed by atoms with Crippen LogP contribution in [0, 0.1) is 0 Å². The van der Waals surface area contributed by atoms with Gasteiger partial charge < -0.3 is 10.1 Å². The molecule has 0 heterocycles. The number of allylic oxidation sites excluding steroid dienone is 2. The smallest absolute Gasteiger partial charge is 0.363 e. The van der Waals surface area contributed by atoms with E-state index in [9.17, 15) is 13.6 Å². The monoisotopic (exact) mass is 301 g/mol. The van der Waals surface area contributed by atoms with Crippen molar-refractivity contribution >= 4 is 23.1 Å². The highest BCUT2D eigenvalue weighted by molar-refractivity contribution is 6.24. The first-order valence-corrected chi connectivity index (χ1v) is 6.54. The molecule has 0 saturated heterocycles. The van der Waals surface area contributed by atoms with Gasteiger partial charge in [0.15, 0.2) is 5.78 Å². The number of hydrogen-bond donors (Lipinski definition) is 1. The van der Waals surface area contributed by atoms with Gasteiger partial charge in [-0.05, 0) is 48.7 Å². The number of halogens is 3. The zero-order chi connectivity index (χ0) is 14.8. The maximum absolute atomic E-state index is 13.5. The van der Waals surface area contributed by atoms with E-state index in [1.165, 1.54) is 7.11 Å². The standard InChI is InChI=1S/C14H14ClF2NO2/c1-20-10-7-5-9(6-8-10)18-13(14(15,16)17)11-3-2-4-12(11)19/h5-8,18H,2-4H2,1H3/b13-11-. The number of anilines is 1. The van der Waals surface area contributed by atoms with Crippen molar-refractivity contribution in [2.24, 2.45) is 0 Å². The van der Waals surface area contributed by atoms with Crippen LogP contribution in [-0.2, 0) is 4.79 Å². The molecule has 1 fully saturated rings. The van der Waals surface area contributed by atoms with Gasteiger partial charge in [0.2, 0.25) is 0 Å². The Hall–Kier alpha value is -1.62. The van der Waals surface area contributed by atoms with Crippen molar-refractivity contribution in [1.82, 2.24) is 0 Å². The van der Waals surface area contributed by atoms with E-state index in [0.29, 0.717) is 24.3 Å². The number of ether oxygens (including phenoxy) is 1. The number of benzene rings is 1. The fourth-order valence-electron chi connectivity index (χ4n) is 2.12. The van der Waals surface area contributed by atoms with Crippen molar-refractivity contribution in [2.75, 3.05) is 12.4 Å². The first-order valence-electron chi connectivity index (χ1n) is 6.16. The van der Waals surface area contributed by atoms with Gasteiger partial charge in [0.05, 0.1) is 7.11 Å². The van der Waals surface area contributed by atoms with Gasteiger partial charge in [-0.25, -0.2) is 0 Å². The Morgan fingerprint density at radius 3 is 2.40 bits per heavy atom. The zero-order valence-electron chi connectivity index (χ0n) is 10.9. The molecule has 0 atom stereocenters. The van der Waals surface area contributed by atoms with Gasteiger partial charge in [0.25, 0.3) is 0 Å². The molecule has 2 rings (SSSR count). The van der Waals surface area contributed by atoms with Crippen LogP contribution in [-0.4, -0.2) is 18.3 Å². The van der Waals surface area contributed by atoms with Gasteiger partial charge in [-0.15, -0.1) is 0 Å². The molecular weight excluding hydrogens is 288 g/mol. The molecule has 20 heavy (non-hydrogen) atoms. The molecule has 0 aliphatic heterocycles. The van der Waals surface area contributed by atoms with E-state index in [0.717, 1.165) is 0 Å². The summed E-state index contributed by atoms with van der Waals surface area (Å²) in [4.78, 5) is 11.6. The predicted molar refractivity (Wildman–Crippen MR) is 73.3 cm³/mol. The summed E-state index contributed by atoms with van der Waals surface area (Å²) in [6, 6.07) is 6.43. The lowest BCUT2D eigenvalue weighted by Crippen LogP contribution is -2.21. The molecular formula is C14H14ClF2NO2. The summed E-state index contributed by atoms with van der Waals surface area (Å²) in [6.45, 7) is 0. The minimum Gasteiger partial charge on any atom is -0.497 e. The third kappa shape index (κ3) is 3.28. The zero-order valence-corrected chi connectivity index (χ0v) is 11.6. The number of rotatable bonds is 4. The maximum atomic E-state index is 13.5. The van der Waals surface area contributed by atoms with Gasteiger partial charge >= 0.3 is 5.38 Å². The van der Waals surface area contributed by atoms with Crippen LogP contribution in [0.3, 0.4) is 0 Å². The second-order valence-corrected chi connectivity index (χ2v) is 4.96. The largest absolute Gasteiger partial charge is 0.497 e. The highest BCUT2D eigenvalue weighted by Crippen LogP contribution is 2.36.